The first-order chi connectivity index (χ1) is 13.9. The lowest BCUT2D eigenvalue weighted by atomic mass is 9.81. The second kappa shape index (κ2) is 7.19. The predicted molar refractivity (Wildman–Crippen MR) is 101 cm³/mol. The summed E-state index contributed by atoms with van der Waals surface area (Å²) in [5.74, 6) is -1.40. The highest BCUT2D eigenvalue weighted by Crippen LogP contribution is 2.48. The number of likely N-dealkylation sites (tertiary alicyclic amines) is 1. The zero-order valence-corrected chi connectivity index (χ0v) is 15.9. The number of ether oxygens (including phenoxy) is 1. The Morgan fingerprint density at radius 3 is 2.90 bits per heavy atom. The summed E-state index contributed by atoms with van der Waals surface area (Å²) in [6.45, 7) is 0.674. The van der Waals surface area contributed by atoms with Crippen LogP contribution >= 0.6 is 0 Å². The number of hydrogen-bond donors (Lipinski definition) is 2. The normalized spacial score (nSPS) is 22.9. The first-order valence-corrected chi connectivity index (χ1v) is 9.33. The topological polar surface area (TPSA) is 127 Å². The maximum Gasteiger partial charge on any atom is 0.360 e. The van der Waals surface area contributed by atoms with E-state index >= 15 is 0 Å². The standard InChI is InChI=1S/C19H21N5O5/c1-29-16(25)15-10-24(22-21-15)14-6-2-5-13(8-14)20-18(28)23-9-12-4-3-7-19(12,11-23)17(26)27/h2,5-6,8,10,12H,3-4,7,9,11H2,1H3,(H,20,28)(H,26,27)/t12-,19+/m0/s1. The number of aliphatic carboxylic acids is 1. The van der Waals surface area contributed by atoms with E-state index in [9.17, 15) is 19.5 Å². The molecule has 2 N–H and O–H groups in total. The van der Waals surface area contributed by atoms with Crippen LogP contribution in [-0.2, 0) is 9.53 Å². The van der Waals surface area contributed by atoms with E-state index < -0.39 is 17.4 Å². The van der Waals surface area contributed by atoms with Gasteiger partial charge >= 0.3 is 18.0 Å². The van der Waals surface area contributed by atoms with Crippen molar-refractivity contribution in [2.75, 3.05) is 25.5 Å². The number of fused-ring (bicyclic) bond motifs is 1. The molecule has 2 fully saturated rings. The Hall–Kier alpha value is -3.43. The van der Waals surface area contributed by atoms with Crippen LogP contribution in [0.1, 0.15) is 29.8 Å². The minimum absolute atomic E-state index is 0.00368. The summed E-state index contributed by atoms with van der Waals surface area (Å²) in [5, 5.41) is 20.2. The van der Waals surface area contributed by atoms with Crippen LogP contribution in [0, 0.1) is 11.3 Å². The summed E-state index contributed by atoms with van der Waals surface area (Å²) in [4.78, 5) is 37.6. The zero-order chi connectivity index (χ0) is 20.6. The fraction of sp³-hybridized carbons (Fsp3) is 0.421. The van der Waals surface area contributed by atoms with Gasteiger partial charge in [-0.2, -0.15) is 0 Å². The molecule has 2 amide bonds. The van der Waals surface area contributed by atoms with Crippen LogP contribution in [0.2, 0.25) is 0 Å². The van der Waals surface area contributed by atoms with Crippen molar-refractivity contribution in [3.63, 3.8) is 0 Å². The number of carboxylic acid groups (broad SMARTS) is 1. The van der Waals surface area contributed by atoms with Gasteiger partial charge < -0.3 is 20.1 Å². The molecule has 2 aliphatic rings. The Kier molecular flexibility index (Phi) is 4.69. The third-order valence-corrected chi connectivity index (χ3v) is 5.83. The molecule has 1 aromatic carbocycles. The molecule has 1 saturated carbocycles. The lowest BCUT2D eigenvalue weighted by Crippen LogP contribution is -2.38. The number of carbonyl (C=O) groups is 3. The summed E-state index contributed by atoms with van der Waals surface area (Å²) in [6.07, 6.45) is 3.77. The molecule has 10 heteroatoms. The molecule has 0 unspecified atom stereocenters. The SMILES string of the molecule is COC(=O)c1cn(-c2cccc(NC(=O)N3C[C@@H]4CCC[C@@]4(C(=O)O)C3)c2)nn1. The summed E-state index contributed by atoms with van der Waals surface area (Å²) in [5.41, 5.74) is 0.392. The number of rotatable bonds is 4. The molecule has 0 spiro atoms. The maximum absolute atomic E-state index is 12.7. The summed E-state index contributed by atoms with van der Waals surface area (Å²) >= 11 is 0. The van der Waals surface area contributed by atoms with E-state index in [1.165, 1.54) is 18.0 Å². The van der Waals surface area contributed by atoms with Crippen molar-refractivity contribution in [2.45, 2.75) is 19.3 Å². The molecular weight excluding hydrogens is 378 g/mol. The molecule has 29 heavy (non-hydrogen) atoms. The Morgan fingerprint density at radius 2 is 2.17 bits per heavy atom. The molecule has 1 saturated heterocycles. The Labute approximate surface area is 166 Å². The Balaban J connectivity index is 1.47. The van der Waals surface area contributed by atoms with Crippen molar-refractivity contribution in [3.05, 3.63) is 36.2 Å². The summed E-state index contributed by atoms with van der Waals surface area (Å²) in [6, 6.07) is 6.58. The van der Waals surface area contributed by atoms with Crippen LogP contribution in [0.15, 0.2) is 30.5 Å². The number of methoxy groups -OCH3 is 1. The smallest absolute Gasteiger partial charge is 0.360 e. The van der Waals surface area contributed by atoms with E-state index in [4.69, 9.17) is 0 Å². The van der Waals surface area contributed by atoms with E-state index in [1.807, 2.05) is 0 Å². The minimum Gasteiger partial charge on any atom is -0.481 e. The Morgan fingerprint density at radius 1 is 1.34 bits per heavy atom. The highest BCUT2D eigenvalue weighted by Gasteiger charge is 2.55. The number of benzene rings is 1. The number of urea groups is 1. The quantitative estimate of drug-likeness (QED) is 0.750. The van der Waals surface area contributed by atoms with Gasteiger partial charge in [-0.25, -0.2) is 14.3 Å². The number of nitrogens with one attached hydrogen (secondary N) is 1. The third-order valence-electron chi connectivity index (χ3n) is 5.83. The number of aromatic nitrogens is 3. The van der Waals surface area contributed by atoms with Gasteiger partial charge in [-0.15, -0.1) is 5.10 Å². The first-order valence-electron chi connectivity index (χ1n) is 9.33. The predicted octanol–water partition coefficient (Wildman–Crippen LogP) is 1.77. The van der Waals surface area contributed by atoms with Crippen LogP contribution in [0.4, 0.5) is 10.5 Å². The molecule has 2 heterocycles. The van der Waals surface area contributed by atoms with Crippen molar-refractivity contribution in [1.82, 2.24) is 19.9 Å². The van der Waals surface area contributed by atoms with Gasteiger partial charge in [0.1, 0.15) is 0 Å². The number of carbonyl (C=O) groups excluding carboxylic acids is 2. The first kappa shape index (κ1) is 18.9. The van der Waals surface area contributed by atoms with Crippen LogP contribution < -0.4 is 5.32 Å². The highest BCUT2D eigenvalue weighted by atomic mass is 16.5. The average Bonchev–Trinajstić information content (AvgIpc) is 3.41. The minimum atomic E-state index is -0.815. The van der Waals surface area contributed by atoms with Gasteiger partial charge in [-0.3, -0.25) is 4.79 Å². The van der Waals surface area contributed by atoms with E-state index in [-0.39, 0.29) is 24.2 Å². The molecule has 1 aliphatic carbocycles. The van der Waals surface area contributed by atoms with E-state index in [0.717, 1.165) is 12.8 Å². The van der Waals surface area contributed by atoms with Gasteiger partial charge in [0.05, 0.1) is 24.4 Å². The summed E-state index contributed by atoms with van der Waals surface area (Å²) in [7, 11) is 1.26. The highest BCUT2D eigenvalue weighted by molar-refractivity contribution is 5.91. The number of hydrogen-bond acceptors (Lipinski definition) is 6. The van der Waals surface area contributed by atoms with Crippen molar-refractivity contribution < 1.29 is 24.2 Å². The molecule has 4 rings (SSSR count). The van der Waals surface area contributed by atoms with Gasteiger partial charge in [-0.05, 0) is 37.0 Å². The van der Waals surface area contributed by atoms with Crippen LogP contribution in [0.5, 0.6) is 0 Å². The largest absolute Gasteiger partial charge is 0.481 e. The van der Waals surface area contributed by atoms with Gasteiger partial charge in [0.25, 0.3) is 0 Å². The number of esters is 1. The molecule has 152 valence electrons. The van der Waals surface area contributed by atoms with Gasteiger partial charge in [0, 0.05) is 18.8 Å². The van der Waals surface area contributed by atoms with E-state index in [2.05, 4.69) is 20.4 Å². The second-order valence-electron chi connectivity index (χ2n) is 7.45. The molecule has 10 nitrogen and oxygen atoms in total. The molecule has 0 radical (unpaired) electrons. The summed E-state index contributed by atoms with van der Waals surface area (Å²) < 4.78 is 6.02. The van der Waals surface area contributed by atoms with Crippen LogP contribution in [0.3, 0.4) is 0 Å². The lowest BCUT2D eigenvalue weighted by Gasteiger charge is -2.23. The van der Waals surface area contributed by atoms with Crippen molar-refractivity contribution in [1.29, 1.82) is 0 Å². The molecular formula is C19H21N5O5. The lowest BCUT2D eigenvalue weighted by molar-refractivity contribution is -0.149. The maximum atomic E-state index is 12.7. The monoisotopic (exact) mass is 399 g/mol. The molecule has 2 atom stereocenters. The Bertz CT molecular complexity index is 973. The second-order valence-corrected chi connectivity index (χ2v) is 7.45. The fourth-order valence-corrected chi connectivity index (χ4v) is 4.31. The van der Waals surface area contributed by atoms with E-state index in [0.29, 0.717) is 24.3 Å². The molecule has 2 aromatic rings. The average molecular weight is 399 g/mol. The third kappa shape index (κ3) is 3.30. The van der Waals surface area contributed by atoms with Gasteiger partial charge in [0.2, 0.25) is 0 Å². The van der Waals surface area contributed by atoms with Crippen LogP contribution in [-0.4, -0.2) is 63.2 Å². The molecule has 0 bridgehead atoms. The van der Waals surface area contributed by atoms with Crippen molar-refractivity contribution >= 4 is 23.7 Å². The molecule has 1 aliphatic heterocycles. The van der Waals surface area contributed by atoms with Crippen molar-refractivity contribution in [2.24, 2.45) is 11.3 Å². The zero-order valence-electron chi connectivity index (χ0n) is 15.9. The molecule has 1 aromatic heterocycles. The fourth-order valence-electron chi connectivity index (χ4n) is 4.31. The number of nitrogens with zero attached hydrogens (tertiary/aromatic N) is 4. The van der Waals surface area contributed by atoms with E-state index in [1.54, 1.807) is 29.2 Å². The van der Waals surface area contributed by atoms with Gasteiger partial charge in [-0.1, -0.05) is 17.7 Å². The van der Waals surface area contributed by atoms with Crippen molar-refractivity contribution in [3.8, 4) is 5.69 Å². The number of amides is 2. The number of anilines is 1. The number of carboxylic acids is 1. The van der Waals surface area contributed by atoms with Gasteiger partial charge in [0.15, 0.2) is 5.69 Å². The van der Waals surface area contributed by atoms with Crippen LogP contribution in [0.25, 0.3) is 5.69 Å².